The van der Waals surface area contributed by atoms with Crippen molar-refractivity contribution in [2.75, 3.05) is 5.32 Å². The Morgan fingerprint density at radius 1 is 1.42 bits per heavy atom. The zero-order chi connectivity index (χ0) is 17.1. The molecular weight excluding hydrogens is 325 g/mol. The number of hydrogen-bond donors (Lipinski definition) is 2. The van der Waals surface area contributed by atoms with Gasteiger partial charge in [0.05, 0.1) is 5.69 Å². The molecule has 3 N–H and O–H groups in total. The van der Waals surface area contributed by atoms with Gasteiger partial charge in [-0.1, -0.05) is 24.6 Å². The van der Waals surface area contributed by atoms with Crippen molar-refractivity contribution < 1.29 is 9.18 Å². The van der Waals surface area contributed by atoms with Crippen molar-refractivity contribution in [3.8, 4) is 0 Å². The summed E-state index contributed by atoms with van der Waals surface area (Å²) >= 11 is 1.42. The Morgan fingerprint density at radius 2 is 2.21 bits per heavy atom. The van der Waals surface area contributed by atoms with E-state index in [1.807, 2.05) is 13.0 Å². The Kier molecular flexibility index (Phi) is 5.26. The Hall–Kier alpha value is -1.79. The fraction of sp³-hybridized carbons (Fsp3) is 0.444. The van der Waals surface area contributed by atoms with E-state index in [1.54, 1.807) is 12.1 Å². The SMILES string of the molecule is Cc1nc(NC(=O)C2CCCC(N)C2)sc1Cc1ccccc1F. The van der Waals surface area contributed by atoms with Crippen molar-refractivity contribution in [2.24, 2.45) is 11.7 Å². The van der Waals surface area contributed by atoms with E-state index in [4.69, 9.17) is 5.73 Å². The van der Waals surface area contributed by atoms with E-state index in [2.05, 4.69) is 10.3 Å². The van der Waals surface area contributed by atoms with Crippen LogP contribution >= 0.6 is 11.3 Å². The van der Waals surface area contributed by atoms with Crippen molar-refractivity contribution >= 4 is 22.4 Å². The molecule has 1 fully saturated rings. The monoisotopic (exact) mass is 347 g/mol. The standard InChI is InChI=1S/C18H22FN3OS/c1-11-16(10-12-5-2-3-8-15(12)19)24-18(21-11)22-17(23)13-6-4-7-14(20)9-13/h2-3,5,8,13-14H,4,6-7,9-10,20H2,1H3,(H,21,22,23). The maximum atomic E-state index is 13.8. The van der Waals surface area contributed by atoms with Gasteiger partial charge >= 0.3 is 0 Å². The Balaban J connectivity index is 1.67. The first kappa shape index (κ1) is 17.0. The number of benzene rings is 1. The zero-order valence-corrected chi connectivity index (χ0v) is 14.5. The molecule has 2 unspecified atom stereocenters. The lowest BCUT2D eigenvalue weighted by atomic mass is 9.86. The molecule has 1 saturated carbocycles. The number of anilines is 1. The lowest BCUT2D eigenvalue weighted by Gasteiger charge is -2.25. The lowest BCUT2D eigenvalue weighted by molar-refractivity contribution is -0.120. The van der Waals surface area contributed by atoms with E-state index in [0.29, 0.717) is 17.1 Å². The van der Waals surface area contributed by atoms with E-state index in [1.165, 1.54) is 17.4 Å². The summed E-state index contributed by atoms with van der Waals surface area (Å²) in [4.78, 5) is 17.8. The molecule has 1 heterocycles. The molecular formula is C18H22FN3OS. The highest BCUT2D eigenvalue weighted by Crippen LogP contribution is 2.28. The number of nitrogens with one attached hydrogen (secondary N) is 1. The van der Waals surface area contributed by atoms with Crippen molar-refractivity contribution in [3.05, 3.63) is 46.2 Å². The molecule has 1 aliphatic carbocycles. The number of amides is 1. The average molecular weight is 347 g/mol. The third-order valence-electron chi connectivity index (χ3n) is 4.52. The van der Waals surface area contributed by atoms with Gasteiger partial charge in [-0.15, -0.1) is 11.3 Å². The minimum absolute atomic E-state index is 0.00339. The van der Waals surface area contributed by atoms with E-state index >= 15 is 0 Å². The van der Waals surface area contributed by atoms with E-state index < -0.39 is 0 Å². The van der Waals surface area contributed by atoms with Crippen LogP contribution in [0.1, 0.15) is 41.8 Å². The molecule has 0 aliphatic heterocycles. The molecule has 0 bridgehead atoms. The highest BCUT2D eigenvalue weighted by molar-refractivity contribution is 7.15. The van der Waals surface area contributed by atoms with Crippen LogP contribution < -0.4 is 11.1 Å². The summed E-state index contributed by atoms with van der Waals surface area (Å²) in [6.07, 6.45) is 4.09. The largest absolute Gasteiger partial charge is 0.328 e. The maximum absolute atomic E-state index is 13.8. The summed E-state index contributed by atoms with van der Waals surface area (Å²) in [5.74, 6) is -0.253. The Labute approximate surface area is 145 Å². The van der Waals surface area contributed by atoms with Gasteiger partial charge in [0.2, 0.25) is 5.91 Å². The van der Waals surface area contributed by atoms with E-state index in [-0.39, 0.29) is 23.7 Å². The number of halogens is 1. The first-order valence-corrected chi connectivity index (χ1v) is 9.10. The average Bonchev–Trinajstić information content (AvgIpc) is 2.89. The van der Waals surface area contributed by atoms with Gasteiger partial charge in [0, 0.05) is 23.3 Å². The summed E-state index contributed by atoms with van der Waals surface area (Å²) in [7, 11) is 0. The number of thiazole rings is 1. The first-order chi connectivity index (χ1) is 11.5. The third-order valence-corrected chi connectivity index (χ3v) is 5.59. The fourth-order valence-electron chi connectivity index (χ4n) is 3.13. The van der Waals surface area contributed by atoms with Crippen LogP contribution in [0.25, 0.3) is 0 Å². The van der Waals surface area contributed by atoms with Crippen molar-refractivity contribution in [1.29, 1.82) is 0 Å². The highest BCUT2D eigenvalue weighted by atomic mass is 32.1. The maximum Gasteiger partial charge on any atom is 0.229 e. The molecule has 2 atom stereocenters. The molecule has 1 amide bonds. The second-order valence-electron chi connectivity index (χ2n) is 6.41. The van der Waals surface area contributed by atoms with Gasteiger partial charge in [-0.25, -0.2) is 9.37 Å². The fourth-order valence-corrected chi connectivity index (χ4v) is 4.12. The van der Waals surface area contributed by atoms with Crippen LogP contribution in [0.3, 0.4) is 0 Å². The number of aryl methyl sites for hydroxylation is 1. The lowest BCUT2D eigenvalue weighted by Crippen LogP contribution is -2.34. The number of carbonyl (C=O) groups is 1. The summed E-state index contributed by atoms with van der Waals surface area (Å²) < 4.78 is 13.8. The third kappa shape index (κ3) is 3.99. The predicted molar refractivity (Wildman–Crippen MR) is 94.6 cm³/mol. The predicted octanol–water partition coefficient (Wildman–Crippen LogP) is 3.64. The van der Waals surface area contributed by atoms with Crippen LogP contribution in [0.4, 0.5) is 9.52 Å². The smallest absolute Gasteiger partial charge is 0.229 e. The number of rotatable bonds is 4. The minimum Gasteiger partial charge on any atom is -0.328 e. The second kappa shape index (κ2) is 7.40. The normalized spacial score (nSPS) is 20.8. The van der Waals surface area contributed by atoms with Gasteiger partial charge in [0.1, 0.15) is 5.82 Å². The van der Waals surface area contributed by atoms with Crippen LogP contribution in [-0.2, 0) is 11.2 Å². The van der Waals surface area contributed by atoms with Crippen molar-refractivity contribution in [1.82, 2.24) is 4.98 Å². The Morgan fingerprint density at radius 3 is 2.96 bits per heavy atom. The van der Waals surface area contributed by atoms with Gasteiger partial charge in [0.15, 0.2) is 5.13 Å². The molecule has 4 nitrogen and oxygen atoms in total. The number of aromatic nitrogens is 1. The van der Waals surface area contributed by atoms with Crippen LogP contribution in [-0.4, -0.2) is 16.9 Å². The van der Waals surface area contributed by atoms with Crippen LogP contribution in [0.2, 0.25) is 0 Å². The summed E-state index contributed by atoms with van der Waals surface area (Å²) in [5, 5.41) is 3.50. The summed E-state index contributed by atoms with van der Waals surface area (Å²) in [6.45, 7) is 1.89. The zero-order valence-electron chi connectivity index (χ0n) is 13.7. The molecule has 1 aromatic carbocycles. The first-order valence-electron chi connectivity index (χ1n) is 8.29. The molecule has 2 aromatic rings. The molecule has 1 aliphatic rings. The summed E-state index contributed by atoms with van der Waals surface area (Å²) in [5.41, 5.74) is 7.43. The van der Waals surface area contributed by atoms with E-state index in [9.17, 15) is 9.18 Å². The molecule has 0 saturated heterocycles. The van der Waals surface area contributed by atoms with Crippen LogP contribution in [0.5, 0.6) is 0 Å². The number of nitrogens with two attached hydrogens (primary N) is 1. The van der Waals surface area contributed by atoms with Crippen molar-refractivity contribution in [2.45, 2.75) is 45.1 Å². The van der Waals surface area contributed by atoms with Crippen molar-refractivity contribution in [3.63, 3.8) is 0 Å². The number of nitrogens with zero attached hydrogens (tertiary/aromatic N) is 1. The van der Waals surface area contributed by atoms with E-state index in [0.717, 1.165) is 36.3 Å². The van der Waals surface area contributed by atoms with Gasteiger partial charge in [-0.05, 0) is 37.8 Å². The number of carbonyl (C=O) groups excluding carboxylic acids is 1. The van der Waals surface area contributed by atoms with Crippen LogP contribution in [0, 0.1) is 18.7 Å². The molecule has 3 rings (SSSR count). The van der Waals surface area contributed by atoms with Gasteiger partial charge < -0.3 is 11.1 Å². The summed E-state index contributed by atoms with van der Waals surface area (Å²) in [6, 6.07) is 6.85. The van der Waals surface area contributed by atoms with Gasteiger partial charge in [-0.2, -0.15) is 0 Å². The molecule has 0 spiro atoms. The molecule has 0 radical (unpaired) electrons. The quantitative estimate of drug-likeness (QED) is 0.887. The molecule has 1 aromatic heterocycles. The Bertz CT molecular complexity index is 731. The number of hydrogen-bond acceptors (Lipinski definition) is 4. The molecule has 24 heavy (non-hydrogen) atoms. The highest BCUT2D eigenvalue weighted by Gasteiger charge is 2.26. The minimum atomic E-state index is -0.216. The van der Waals surface area contributed by atoms with Crippen LogP contribution in [0.15, 0.2) is 24.3 Å². The second-order valence-corrected chi connectivity index (χ2v) is 7.49. The topological polar surface area (TPSA) is 68.0 Å². The van der Waals surface area contributed by atoms with Gasteiger partial charge in [0.25, 0.3) is 0 Å². The molecule has 128 valence electrons. The van der Waals surface area contributed by atoms with Gasteiger partial charge in [-0.3, -0.25) is 4.79 Å². The molecule has 6 heteroatoms.